The topological polar surface area (TPSA) is 43.7 Å². The van der Waals surface area contributed by atoms with E-state index in [2.05, 4.69) is 22.8 Å². The van der Waals surface area contributed by atoms with Crippen molar-refractivity contribution in [2.45, 2.75) is 19.4 Å². The van der Waals surface area contributed by atoms with Gasteiger partial charge >= 0.3 is 0 Å². The van der Waals surface area contributed by atoms with Crippen LogP contribution in [0, 0.1) is 17.8 Å². The normalized spacial score (nSPS) is 20.4. The van der Waals surface area contributed by atoms with Gasteiger partial charge in [0.1, 0.15) is 6.61 Å². The predicted octanol–water partition coefficient (Wildman–Crippen LogP) is 1.30. The molecule has 1 fully saturated rings. The highest BCUT2D eigenvalue weighted by Gasteiger charge is 2.19. The number of thiophene rings is 1. The second-order valence-corrected chi connectivity index (χ2v) is 5.82. The van der Waals surface area contributed by atoms with Crippen LogP contribution >= 0.6 is 11.3 Å². The minimum absolute atomic E-state index is 0.0858. The van der Waals surface area contributed by atoms with Gasteiger partial charge in [-0.05, 0) is 37.4 Å². The zero-order valence-corrected chi connectivity index (χ0v) is 11.2. The summed E-state index contributed by atoms with van der Waals surface area (Å²) in [7, 11) is 0. The number of hydrogen-bond acceptors (Lipinski definition) is 4. The first kappa shape index (κ1) is 13.6. The Morgan fingerprint density at radius 1 is 1.39 bits per heavy atom. The van der Waals surface area contributed by atoms with Gasteiger partial charge in [0.2, 0.25) is 0 Å². The summed E-state index contributed by atoms with van der Waals surface area (Å²) in [5, 5.41) is 17.9. The predicted molar refractivity (Wildman–Crippen MR) is 73.4 cm³/mol. The summed E-state index contributed by atoms with van der Waals surface area (Å²) in [6.45, 7) is 3.27. The maximum absolute atomic E-state index is 9.21. The summed E-state index contributed by atoms with van der Waals surface area (Å²) in [5.41, 5.74) is 0. The van der Waals surface area contributed by atoms with Crippen molar-refractivity contribution in [1.82, 2.24) is 4.90 Å². The molecule has 1 saturated heterocycles. The van der Waals surface area contributed by atoms with E-state index in [4.69, 9.17) is 5.11 Å². The highest BCUT2D eigenvalue weighted by Crippen LogP contribution is 2.21. The van der Waals surface area contributed by atoms with E-state index in [0.717, 1.165) is 30.9 Å². The van der Waals surface area contributed by atoms with Gasteiger partial charge in [0.15, 0.2) is 0 Å². The van der Waals surface area contributed by atoms with Crippen molar-refractivity contribution in [1.29, 1.82) is 0 Å². The number of aliphatic hydroxyl groups excluding tert-OH is 2. The number of rotatable bonds is 3. The van der Waals surface area contributed by atoms with Gasteiger partial charge in [-0.3, -0.25) is 4.90 Å². The molecule has 4 heteroatoms. The highest BCUT2D eigenvalue weighted by molar-refractivity contribution is 7.12. The smallest absolute Gasteiger partial charge is 0.104 e. The molecular weight excluding hydrogens is 246 g/mol. The van der Waals surface area contributed by atoms with E-state index in [1.807, 2.05) is 6.07 Å². The van der Waals surface area contributed by atoms with E-state index in [9.17, 15) is 5.11 Å². The quantitative estimate of drug-likeness (QED) is 0.810. The van der Waals surface area contributed by atoms with Crippen LogP contribution in [0.25, 0.3) is 0 Å². The standard InChI is InChI=1S/C14H19NO2S/c16-8-2-4-13-5-6-14(18-13)10-15-7-1-3-12(9-15)11-17/h5-6,12,16-17H,1,3,7-11H2. The first-order chi connectivity index (χ1) is 8.81. The highest BCUT2D eigenvalue weighted by atomic mass is 32.1. The van der Waals surface area contributed by atoms with Crippen molar-refractivity contribution in [3.05, 3.63) is 21.9 Å². The number of likely N-dealkylation sites (tertiary alicyclic amines) is 1. The fraction of sp³-hybridized carbons (Fsp3) is 0.571. The fourth-order valence-electron chi connectivity index (χ4n) is 2.32. The van der Waals surface area contributed by atoms with Crippen LogP contribution in [0.2, 0.25) is 0 Å². The molecule has 0 spiro atoms. The second kappa shape index (κ2) is 6.91. The monoisotopic (exact) mass is 265 g/mol. The molecule has 2 rings (SSSR count). The van der Waals surface area contributed by atoms with Crippen LogP contribution in [0.4, 0.5) is 0 Å². The van der Waals surface area contributed by atoms with Gasteiger partial charge in [0.05, 0.1) is 4.88 Å². The van der Waals surface area contributed by atoms with Gasteiger partial charge in [-0.25, -0.2) is 0 Å². The van der Waals surface area contributed by atoms with E-state index in [0.29, 0.717) is 12.5 Å². The van der Waals surface area contributed by atoms with E-state index in [1.165, 1.54) is 11.3 Å². The molecule has 1 unspecified atom stereocenters. The summed E-state index contributed by atoms with van der Waals surface area (Å²) in [6, 6.07) is 4.12. The third-order valence-corrected chi connectivity index (χ3v) is 4.18. The van der Waals surface area contributed by atoms with Crippen molar-refractivity contribution in [2.24, 2.45) is 5.92 Å². The summed E-state index contributed by atoms with van der Waals surface area (Å²) in [4.78, 5) is 4.71. The Morgan fingerprint density at radius 3 is 3.06 bits per heavy atom. The molecule has 2 heterocycles. The van der Waals surface area contributed by atoms with Crippen LogP contribution in [0.1, 0.15) is 22.6 Å². The maximum atomic E-state index is 9.21. The lowest BCUT2D eigenvalue weighted by molar-refractivity contribution is 0.116. The van der Waals surface area contributed by atoms with Crippen LogP contribution in [0.15, 0.2) is 12.1 Å². The van der Waals surface area contributed by atoms with Crippen LogP contribution in [0.3, 0.4) is 0 Å². The number of piperidine rings is 1. The Kier molecular flexibility index (Phi) is 5.21. The number of nitrogens with zero attached hydrogens (tertiary/aromatic N) is 1. The first-order valence-corrected chi connectivity index (χ1v) is 7.15. The van der Waals surface area contributed by atoms with Crippen LogP contribution in [-0.4, -0.2) is 41.4 Å². The molecule has 3 nitrogen and oxygen atoms in total. The first-order valence-electron chi connectivity index (χ1n) is 6.33. The average Bonchev–Trinajstić information content (AvgIpc) is 2.84. The van der Waals surface area contributed by atoms with Crippen LogP contribution < -0.4 is 0 Å². The second-order valence-electron chi connectivity index (χ2n) is 4.65. The number of hydrogen-bond donors (Lipinski definition) is 2. The SMILES string of the molecule is OCC#Cc1ccc(CN2CCCC(CO)C2)s1. The molecule has 0 bridgehead atoms. The molecule has 1 aromatic rings. The molecule has 0 radical (unpaired) electrons. The van der Waals surface area contributed by atoms with Gasteiger partial charge in [-0.1, -0.05) is 11.8 Å². The number of aliphatic hydroxyl groups is 2. The molecule has 1 aromatic heterocycles. The van der Waals surface area contributed by atoms with E-state index in [-0.39, 0.29) is 6.61 Å². The van der Waals surface area contributed by atoms with Crippen molar-refractivity contribution < 1.29 is 10.2 Å². The molecule has 2 N–H and O–H groups in total. The van der Waals surface area contributed by atoms with Crippen LogP contribution in [-0.2, 0) is 6.54 Å². The summed E-state index contributed by atoms with van der Waals surface area (Å²) in [5.74, 6) is 6.04. The minimum Gasteiger partial charge on any atom is -0.396 e. The maximum Gasteiger partial charge on any atom is 0.104 e. The molecule has 1 aliphatic rings. The van der Waals surface area contributed by atoms with Gasteiger partial charge in [0, 0.05) is 24.6 Å². The molecule has 18 heavy (non-hydrogen) atoms. The van der Waals surface area contributed by atoms with Crippen molar-refractivity contribution in [2.75, 3.05) is 26.3 Å². The van der Waals surface area contributed by atoms with Gasteiger partial charge in [-0.15, -0.1) is 11.3 Å². The van der Waals surface area contributed by atoms with Crippen molar-refractivity contribution >= 4 is 11.3 Å². The minimum atomic E-state index is -0.0858. The zero-order chi connectivity index (χ0) is 12.8. The summed E-state index contributed by atoms with van der Waals surface area (Å²) in [6.07, 6.45) is 2.32. The Balaban J connectivity index is 1.90. The molecule has 1 atom stereocenters. The lowest BCUT2D eigenvalue weighted by Crippen LogP contribution is -2.36. The molecule has 0 saturated carbocycles. The lowest BCUT2D eigenvalue weighted by atomic mass is 9.99. The third-order valence-electron chi connectivity index (χ3n) is 3.19. The molecular formula is C14H19NO2S. The van der Waals surface area contributed by atoms with E-state index >= 15 is 0 Å². The molecule has 1 aliphatic heterocycles. The lowest BCUT2D eigenvalue weighted by Gasteiger charge is -2.31. The zero-order valence-electron chi connectivity index (χ0n) is 10.4. The Hall–Kier alpha value is -0.860. The van der Waals surface area contributed by atoms with Crippen molar-refractivity contribution in [3.63, 3.8) is 0 Å². The summed E-state index contributed by atoms with van der Waals surface area (Å²) < 4.78 is 0. The van der Waals surface area contributed by atoms with Gasteiger partial charge in [-0.2, -0.15) is 0 Å². The Morgan fingerprint density at radius 2 is 2.28 bits per heavy atom. The van der Waals surface area contributed by atoms with E-state index < -0.39 is 0 Å². The molecule has 98 valence electrons. The summed E-state index contributed by atoms with van der Waals surface area (Å²) >= 11 is 1.69. The van der Waals surface area contributed by atoms with Gasteiger partial charge < -0.3 is 10.2 Å². The molecule has 0 aromatic carbocycles. The average molecular weight is 265 g/mol. The van der Waals surface area contributed by atoms with Crippen molar-refractivity contribution in [3.8, 4) is 11.8 Å². The van der Waals surface area contributed by atoms with Crippen LogP contribution in [0.5, 0.6) is 0 Å². The Labute approximate surface area is 112 Å². The largest absolute Gasteiger partial charge is 0.396 e. The van der Waals surface area contributed by atoms with E-state index in [1.54, 1.807) is 11.3 Å². The Bertz CT molecular complexity index is 432. The van der Waals surface area contributed by atoms with Gasteiger partial charge in [0.25, 0.3) is 0 Å². The fourth-order valence-corrected chi connectivity index (χ4v) is 3.25. The third kappa shape index (κ3) is 3.82. The molecule has 0 amide bonds. The molecule has 0 aliphatic carbocycles.